The van der Waals surface area contributed by atoms with Crippen molar-refractivity contribution in [1.82, 2.24) is 10.2 Å². The van der Waals surface area contributed by atoms with Crippen LogP contribution in [0.5, 0.6) is 0 Å². The molecule has 0 radical (unpaired) electrons. The molecule has 0 aromatic rings. The molecule has 0 heterocycles. The van der Waals surface area contributed by atoms with Gasteiger partial charge in [0.15, 0.2) is 0 Å². The van der Waals surface area contributed by atoms with E-state index in [1.165, 1.54) is 4.90 Å². The van der Waals surface area contributed by atoms with Crippen LogP contribution in [0.1, 0.15) is 34.1 Å². The number of hydrogen-bond acceptors (Lipinski definition) is 4. The normalized spacial score (nSPS) is 12.2. The smallest absolute Gasteiger partial charge is 0.407 e. The fourth-order valence-electron chi connectivity index (χ4n) is 1.33. The lowest BCUT2D eigenvalue weighted by Gasteiger charge is -2.20. The summed E-state index contributed by atoms with van der Waals surface area (Å²) in [6.07, 6.45) is -0.346. The molecule has 1 atom stereocenters. The van der Waals surface area contributed by atoms with Gasteiger partial charge in [-0.05, 0) is 27.7 Å². The standard InChI is InChI=1S/C13H23N3O3/c1-10(8-14)9-16(5)11(17)6-7-15-12(18)19-13(2,3)4/h10H,6-7,9H2,1-5H3,(H,15,18)/t10-/m0/s1. The van der Waals surface area contributed by atoms with Crippen LogP contribution in [-0.2, 0) is 9.53 Å². The summed E-state index contributed by atoms with van der Waals surface area (Å²) in [6.45, 7) is 7.68. The summed E-state index contributed by atoms with van der Waals surface area (Å²) in [5, 5.41) is 11.2. The van der Waals surface area contributed by atoms with E-state index in [0.717, 1.165) is 0 Å². The Bertz CT molecular complexity index is 355. The molecule has 1 N–H and O–H groups in total. The highest BCUT2D eigenvalue weighted by Crippen LogP contribution is 2.06. The average Bonchev–Trinajstić information content (AvgIpc) is 2.25. The second-order valence-corrected chi connectivity index (χ2v) is 5.48. The first kappa shape index (κ1) is 17.2. The Morgan fingerprint density at radius 2 is 2.00 bits per heavy atom. The van der Waals surface area contributed by atoms with Gasteiger partial charge in [0.2, 0.25) is 5.91 Å². The maximum Gasteiger partial charge on any atom is 0.407 e. The lowest BCUT2D eigenvalue weighted by atomic mass is 10.2. The zero-order chi connectivity index (χ0) is 15.1. The van der Waals surface area contributed by atoms with Crippen LogP contribution in [0.4, 0.5) is 4.79 Å². The molecule has 0 spiro atoms. The number of nitrogens with one attached hydrogen (secondary N) is 1. The summed E-state index contributed by atoms with van der Waals surface area (Å²) in [4.78, 5) is 24.5. The molecule has 0 saturated heterocycles. The first-order valence-corrected chi connectivity index (χ1v) is 6.26. The minimum Gasteiger partial charge on any atom is -0.444 e. The van der Waals surface area contributed by atoms with Gasteiger partial charge in [0, 0.05) is 26.6 Å². The van der Waals surface area contributed by atoms with Gasteiger partial charge in [-0.3, -0.25) is 4.79 Å². The zero-order valence-corrected chi connectivity index (χ0v) is 12.3. The molecule has 0 fully saturated rings. The fraction of sp³-hybridized carbons (Fsp3) is 0.769. The third-order valence-electron chi connectivity index (χ3n) is 2.20. The molecule has 0 rings (SSSR count). The predicted octanol–water partition coefficient (Wildman–Crippen LogP) is 1.52. The molecule has 0 aliphatic heterocycles. The van der Waals surface area contributed by atoms with Crippen LogP contribution in [0.2, 0.25) is 0 Å². The van der Waals surface area contributed by atoms with Crippen LogP contribution in [0.15, 0.2) is 0 Å². The quantitative estimate of drug-likeness (QED) is 0.820. The van der Waals surface area contributed by atoms with E-state index in [9.17, 15) is 9.59 Å². The average molecular weight is 269 g/mol. The van der Waals surface area contributed by atoms with Gasteiger partial charge in [-0.1, -0.05) is 0 Å². The molecule has 0 aliphatic rings. The Hall–Kier alpha value is -1.77. The van der Waals surface area contributed by atoms with Gasteiger partial charge < -0.3 is 15.0 Å². The number of alkyl carbamates (subject to hydrolysis) is 1. The molecule has 0 aromatic heterocycles. The van der Waals surface area contributed by atoms with Gasteiger partial charge in [-0.15, -0.1) is 0 Å². The molecule has 2 amide bonds. The van der Waals surface area contributed by atoms with Crippen molar-refractivity contribution in [3.8, 4) is 6.07 Å². The third kappa shape index (κ3) is 8.89. The summed E-state index contributed by atoms with van der Waals surface area (Å²) < 4.78 is 5.04. The number of ether oxygens (including phenoxy) is 1. The van der Waals surface area contributed by atoms with E-state index in [-0.39, 0.29) is 24.8 Å². The van der Waals surface area contributed by atoms with E-state index in [1.54, 1.807) is 34.7 Å². The number of rotatable bonds is 5. The van der Waals surface area contributed by atoms with Crippen molar-refractivity contribution >= 4 is 12.0 Å². The number of nitrogens with zero attached hydrogens (tertiary/aromatic N) is 2. The molecule has 6 heteroatoms. The van der Waals surface area contributed by atoms with Crippen molar-refractivity contribution in [3.05, 3.63) is 0 Å². The number of carbonyl (C=O) groups excluding carboxylic acids is 2. The van der Waals surface area contributed by atoms with E-state index in [0.29, 0.717) is 6.54 Å². The highest BCUT2D eigenvalue weighted by atomic mass is 16.6. The SMILES string of the molecule is C[C@@H](C#N)CN(C)C(=O)CCNC(=O)OC(C)(C)C. The molecule has 108 valence electrons. The van der Waals surface area contributed by atoms with E-state index < -0.39 is 11.7 Å². The topological polar surface area (TPSA) is 82.4 Å². The van der Waals surface area contributed by atoms with Gasteiger partial charge in [-0.2, -0.15) is 5.26 Å². The van der Waals surface area contributed by atoms with Gasteiger partial charge in [0.1, 0.15) is 5.60 Å². The highest BCUT2D eigenvalue weighted by molar-refractivity contribution is 5.77. The minimum absolute atomic E-state index is 0.113. The minimum atomic E-state index is -0.549. The summed E-state index contributed by atoms with van der Waals surface area (Å²) in [7, 11) is 1.64. The third-order valence-corrected chi connectivity index (χ3v) is 2.20. The summed E-state index contributed by atoms with van der Waals surface area (Å²) >= 11 is 0. The maximum absolute atomic E-state index is 11.7. The molecule has 0 bridgehead atoms. The number of carbonyl (C=O) groups is 2. The zero-order valence-electron chi connectivity index (χ0n) is 12.3. The molecule has 0 aliphatic carbocycles. The second-order valence-electron chi connectivity index (χ2n) is 5.48. The number of amides is 2. The number of hydrogen-bond donors (Lipinski definition) is 1. The van der Waals surface area contributed by atoms with Crippen LogP contribution in [0.3, 0.4) is 0 Å². The van der Waals surface area contributed by atoms with Crippen LogP contribution in [0.25, 0.3) is 0 Å². The Labute approximate surface area is 114 Å². The lowest BCUT2D eigenvalue weighted by molar-refractivity contribution is -0.130. The summed E-state index contributed by atoms with van der Waals surface area (Å²) in [5.41, 5.74) is -0.549. The summed E-state index contributed by atoms with van der Waals surface area (Å²) in [5.74, 6) is -0.314. The summed E-state index contributed by atoms with van der Waals surface area (Å²) in [6, 6.07) is 2.07. The highest BCUT2D eigenvalue weighted by Gasteiger charge is 2.16. The van der Waals surface area contributed by atoms with Crippen LogP contribution in [-0.4, -0.2) is 42.6 Å². The van der Waals surface area contributed by atoms with E-state index in [2.05, 4.69) is 11.4 Å². The largest absolute Gasteiger partial charge is 0.444 e. The van der Waals surface area contributed by atoms with Crippen LogP contribution in [0, 0.1) is 17.2 Å². The van der Waals surface area contributed by atoms with Crippen LogP contribution < -0.4 is 5.32 Å². The Balaban J connectivity index is 3.92. The first-order valence-electron chi connectivity index (χ1n) is 6.26. The fourth-order valence-corrected chi connectivity index (χ4v) is 1.33. The second kappa shape index (κ2) is 7.62. The van der Waals surface area contributed by atoms with Gasteiger partial charge in [0.25, 0.3) is 0 Å². The molecule has 0 unspecified atom stereocenters. The molecule has 6 nitrogen and oxygen atoms in total. The predicted molar refractivity (Wildman–Crippen MR) is 71.3 cm³/mol. The van der Waals surface area contributed by atoms with E-state index >= 15 is 0 Å². The Morgan fingerprint density at radius 1 is 1.42 bits per heavy atom. The van der Waals surface area contributed by atoms with Crippen LogP contribution >= 0.6 is 0 Å². The molecular formula is C13H23N3O3. The van der Waals surface area contributed by atoms with Gasteiger partial charge >= 0.3 is 6.09 Å². The van der Waals surface area contributed by atoms with Crippen molar-refractivity contribution in [2.24, 2.45) is 5.92 Å². The Kier molecular flexibility index (Phi) is 6.91. The van der Waals surface area contributed by atoms with Crippen molar-refractivity contribution in [1.29, 1.82) is 5.26 Å². The van der Waals surface area contributed by atoms with Crippen molar-refractivity contribution in [2.45, 2.75) is 39.7 Å². The monoisotopic (exact) mass is 269 g/mol. The molecular weight excluding hydrogens is 246 g/mol. The molecule has 19 heavy (non-hydrogen) atoms. The van der Waals surface area contributed by atoms with E-state index in [4.69, 9.17) is 10.00 Å². The molecule has 0 saturated carbocycles. The van der Waals surface area contributed by atoms with Crippen molar-refractivity contribution in [3.63, 3.8) is 0 Å². The Morgan fingerprint density at radius 3 is 2.47 bits per heavy atom. The van der Waals surface area contributed by atoms with Gasteiger partial charge in [-0.25, -0.2) is 4.79 Å². The van der Waals surface area contributed by atoms with Crippen molar-refractivity contribution < 1.29 is 14.3 Å². The van der Waals surface area contributed by atoms with Gasteiger partial charge in [0.05, 0.1) is 12.0 Å². The maximum atomic E-state index is 11.7. The van der Waals surface area contributed by atoms with E-state index in [1.807, 2.05) is 0 Å². The lowest BCUT2D eigenvalue weighted by Crippen LogP contribution is -2.36. The van der Waals surface area contributed by atoms with Crippen molar-refractivity contribution in [2.75, 3.05) is 20.1 Å². The number of nitriles is 1. The molecule has 0 aromatic carbocycles. The first-order chi connectivity index (χ1) is 8.65.